The Morgan fingerprint density at radius 2 is 1.73 bits per heavy atom. The van der Waals surface area contributed by atoms with Crippen LogP contribution < -0.4 is 15.9 Å². The number of hydrogen-bond donors (Lipinski definition) is 6. The number of nitrogens with zero attached hydrogens (tertiary/aromatic N) is 1. The van der Waals surface area contributed by atoms with Gasteiger partial charge in [0.25, 0.3) is 5.91 Å². The third kappa shape index (κ3) is 5.82. The number of halogens is 1. The van der Waals surface area contributed by atoms with Crippen LogP contribution in [0.4, 0.5) is 0 Å². The van der Waals surface area contributed by atoms with Gasteiger partial charge >= 0.3 is 0 Å². The fourth-order valence-corrected chi connectivity index (χ4v) is 6.56. The second-order valence-corrected chi connectivity index (χ2v) is 12.1. The molecule has 7 N–H and O–H groups in total. The van der Waals surface area contributed by atoms with Crippen LogP contribution in [0.1, 0.15) is 86.1 Å². The first-order valence-electron chi connectivity index (χ1n) is 15.1. The van der Waals surface area contributed by atoms with Crippen molar-refractivity contribution < 1.29 is 49.0 Å². The molecule has 0 saturated carbocycles. The van der Waals surface area contributed by atoms with E-state index in [-0.39, 0.29) is 65.4 Å². The highest BCUT2D eigenvalue weighted by atomic mass is 35.5. The number of hydrogen-bond acceptors (Lipinski definition) is 12. The molecule has 0 spiro atoms. The van der Waals surface area contributed by atoms with Gasteiger partial charge in [0, 0.05) is 47.6 Å². The number of phenolic OH excluding ortho intramolecular Hbond substituents is 2. The molecule has 1 heterocycles. The van der Waals surface area contributed by atoms with Crippen LogP contribution in [0.5, 0.6) is 17.2 Å². The van der Waals surface area contributed by atoms with Crippen LogP contribution in [0.25, 0.3) is 0 Å². The molecule has 3 aromatic rings. The monoisotopic (exact) mass is 681 g/mol. The maximum absolute atomic E-state index is 13.9. The lowest BCUT2D eigenvalue weighted by molar-refractivity contribution is -0.245. The molecular formula is C34H36ClN3O10. The van der Waals surface area contributed by atoms with E-state index < -0.39 is 76.3 Å². The Kier molecular flexibility index (Phi) is 9.66. The van der Waals surface area contributed by atoms with Crippen LogP contribution in [0.3, 0.4) is 0 Å². The highest BCUT2D eigenvalue weighted by Gasteiger charge is 2.49. The van der Waals surface area contributed by atoms with Crippen molar-refractivity contribution in [3.63, 3.8) is 0 Å². The number of benzene rings is 3. The fraction of sp³-hybridized carbons (Fsp3) is 0.353. The van der Waals surface area contributed by atoms with Crippen LogP contribution in [0.15, 0.2) is 53.6 Å². The Labute approximate surface area is 281 Å². The number of phenols is 2. The van der Waals surface area contributed by atoms with Gasteiger partial charge in [0.2, 0.25) is 5.78 Å². The van der Waals surface area contributed by atoms with Gasteiger partial charge in [-0.05, 0) is 32.0 Å². The van der Waals surface area contributed by atoms with Gasteiger partial charge in [-0.3, -0.25) is 14.4 Å². The van der Waals surface area contributed by atoms with E-state index in [1.54, 1.807) is 37.3 Å². The highest BCUT2D eigenvalue weighted by Crippen LogP contribution is 2.52. The van der Waals surface area contributed by atoms with E-state index in [0.29, 0.717) is 5.56 Å². The summed E-state index contributed by atoms with van der Waals surface area (Å²) in [5.74, 6) is -3.08. The Morgan fingerprint density at radius 3 is 2.40 bits per heavy atom. The molecule has 254 valence electrons. The molecule has 1 fully saturated rings. The van der Waals surface area contributed by atoms with E-state index in [2.05, 4.69) is 10.5 Å². The molecule has 3 aromatic carbocycles. The summed E-state index contributed by atoms with van der Waals surface area (Å²) >= 11 is 0. The van der Waals surface area contributed by atoms with E-state index in [1.165, 1.54) is 32.2 Å². The van der Waals surface area contributed by atoms with Crippen molar-refractivity contribution in [1.82, 2.24) is 5.43 Å². The number of rotatable bonds is 6. The zero-order valence-electron chi connectivity index (χ0n) is 26.3. The molecule has 13 nitrogen and oxygen atoms in total. The lowest BCUT2D eigenvalue weighted by Crippen LogP contribution is -2.52. The summed E-state index contributed by atoms with van der Waals surface area (Å²) < 4.78 is 17.5. The number of fused-ring (bicyclic) bond motifs is 3. The molecule has 6 atom stereocenters. The minimum absolute atomic E-state index is 0. The number of aliphatic hydroxyl groups excluding tert-OH is 1. The Hall–Kier alpha value is -4.37. The van der Waals surface area contributed by atoms with Crippen LogP contribution >= 0.6 is 12.4 Å². The number of amides is 1. The lowest BCUT2D eigenvalue weighted by atomic mass is 9.71. The number of carbonyl (C=O) groups excluding carboxylic acids is 3. The predicted octanol–water partition coefficient (Wildman–Crippen LogP) is 2.67. The van der Waals surface area contributed by atoms with Gasteiger partial charge in [0.05, 0.1) is 47.8 Å². The number of nitrogens with one attached hydrogen (secondary N) is 1. The minimum Gasteiger partial charge on any atom is -0.507 e. The summed E-state index contributed by atoms with van der Waals surface area (Å²) in [4.78, 5) is 40.4. The summed E-state index contributed by atoms with van der Waals surface area (Å²) in [5.41, 5.74) is 6.04. The quantitative estimate of drug-likeness (QED) is 0.0990. The van der Waals surface area contributed by atoms with Gasteiger partial charge in [0.15, 0.2) is 12.1 Å². The molecule has 1 amide bonds. The topological polar surface area (TPSA) is 210 Å². The molecule has 48 heavy (non-hydrogen) atoms. The maximum Gasteiger partial charge on any atom is 0.271 e. The van der Waals surface area contributed by atoms with Gasteiger partial charge in [0.1, 0.15) is 22.8 Å². The average molecular weight is 682 g/mol. The van der Waals surface area contributed by atoms with Crippen molar-refractivity contribution in [3.05, 3.63) is 87.5 Å². The standard InChI is InChI=1S/C34H35N3O10.ClH/c1-15-28(38)20(35)12-23(46-15)47-22-14-34(44,16(2)36-37-33(43)17-8-5-4-6-9-17)13-19-25(22)32(42)27-26(30(19)40)29(39)18-10-7-11-21(45-3)24(18)31(27)41;/h4-11,15,20,22-23,28,38,40,42,44H,12-14,35H2,1-3H3,(H,37,43);1H/b36-16-;/t15-,20-,22-,23-,28+,34-;/m0./s1. The Bertz CT molecular complexity index is 1800. The molecule has 1 aliphatic heterocycles. The van der Waals surface area contributed by atoms with Crippen molar-refractivity contribution in [1.29, 1.82) is 0 Å². The third-order valence-corrected chi connectivity index (χ3v) is 9.18. The zero-order chi connectivity index (χ0) is 33.8. The molecule has 2 aliphatic carbocycles. The number of ether oxygens (including phenoxy) is 3. The van der Waals surface area contributed by atoms with Crippen LogP contribution in [-0.4, -0.2) is 80.9 Å². The molecule has 0 unspecified atom stereocenters. The number of aliphatic hydroxyl groups is 2. The van der Waals surface area contributed by atoms with Crippen molar-refractivity contribution in [3.8, 4) is 17.2 Å². The first-order valence-corrected chi connectivity index (χ1v) is 15.1. The van der Waals surface area contributed by atoms with Crippen LogP contribution in [0.2, 0.25) is 0 Å². The number of aromatic hydroxyl groups is 2. The SMILES string of the molecule is COc1cccc2c1C(=O)c1c(O)c3c(c(O)c1C2=O)C[C@@](O)(/C(C)=N\NC(=O)c1ccccc1)C[C@@H]3O[C@H]1C[C@H](N)[C@H](O)[C@H](C)O1.Cl. The third-order valence-electron chi connectivity index (χ3n) is 9.18. The zero-order valence-corrected chi connectivity index (χ0v) is 27.1. The van der Waals surface area contributed by atoms with Crippen LogP contribution in [-0.2, 0) is 15.9 Å². The average Bonchev–Trinajstić information content (AvgIpc) is 3.06. The minimum atomic E-state index is -1.88. The van der Waals surface area contributed by atoms with Gasteiger partial charge in [-0.2, -0.15) is 5.10 Å². The van der Waals surface area contributed by atoms with Crippen molar-refractivity contribution in [2.45, 2.75) is 69.4 Å². The van der Waals surface area contributed by atoms with Crippen molar-refractivity contribution in [2.75, 3.05) is 7.11 Å². The molecule has 0 radical (unpaired) electrons. The second kappa shape index (κ2) is 13.3. The number of ketones is 2. The molecule has 6 rings (SSSR count). The largest absolute Gasteiger partial charge is 0.507 e. The number of carbonyl (C=O) groups is 3. The van der Waals surface area contributed by atoms with E-state index in [0.717, 1.165) is 0 Å². The molecule has 1 saturated heterocycles. The van der Waals surface area contributed by atoms with E-state index in [4.69, 9.17) is 19.9 Å². The summed E-state index contributed by atoms with van der Waals surface area (Å²) in [6, 6.07) is 12.1. The smallest absolute Gasteiger partial charge is 0.271 e. The van der Waals surface area contributed by atoms with E-state index in [9.17, 15) is 34.8 Å². The molecule has 14 heteroatoms. The second-order valence-electron chi connectivity index (χ2n) is 12.1. The molecular weight excluding hydrogens is 646 g/mol. The number of nitrogens with two attached hydrogens (primary N) is 1. The normalized spacial score (nSPS) is 26.5. The first-order chi connectivity index (χ1) is 22.4. The number of hydrazone groups is 1. The molecule has 3 aliphatic rings. The summed E-state index contributed by atoms with van der Waals surface area (Å²) in [5, 5.41) is 50.0. The van der Waals surface area contributed by atoms with E-state index >= 15 is 0 Å². The van der Waals surface area contributed by atoms with Gasteiger partial charge in [-0.1, -0.05) is 30.3 Å². The van der Waals surface area contributed by atoms with Gasteiger partial charge < -0.3 is 40.4 Å². The Morgan fingerprint density at radius 1 is 1.04 bits per heavy atom. The van der Waals surface area contributed by atoms with Gasteiger partial charge in [-0.25, -0.2) is 5.43 Å². The predicted molar refractivity (Wildman–Crippen MR) is 174 cm³/mol. The summed E-state index contributed by atoms with van der Waals surface area (Å²) in [7, 11) is 1.34. The lowest BCUT2D eigenvalue weighted by Gasteiger charge is -2.42. The molecule has 0 bridgehead atoms. The Balaban J connectivity index is 0.00000451. The van der Waals surface area contributed by atoms with Crippen molar-refractivity contribution in [2.24, 2.45) is 10.8 Å². The summed E-state index contributed by atoms with van der Waals surface area (Å²) in [6.07, 6.45) is -4.51. The molecule has 0 aromatic heterocycles. The first kappa shape index (κ1) is 35.0. The highest BCUT2D eigenvalue weighted by molar-refractivity contribution is 6.31. The number of methoxy groups -OCH3 is 1. The fourth-order valence-electron chi connectivity index (χ4n) is 6.56. The maximum atomic E-state index is 13.9. The summed E-state index contributed by atoms with van der Waals surface area (Å²) in [6.45, 7) is 3.09. The van der Waals surface area contributed by atoms with Crippen molar-refractivity contribution >= 4 is 35.6 Å². The van der Waals surface area contributed by atoms with E-state index in [1.807, 2.05) is 0 Å². The van der Waals surface area contributed by atoms with Crippen LogP contribution in [0, 0.1) is 0 Å². The van der Waals surface area contributed by atoms with Gasteiger partial charge in [-0.15, -0.1) is 12.4 Å².